The summed E-state index contributed by atoms with van der Waals surface area (Å²) in [5.74, 6) is -1.47. The van der Waals surface area contributed by atoms with Gasteiger partial charge < -0.3 is 9.47 Å². The number of hydrogen-bond acceptors (Lipinski definition) is 4. The highest BCUT2D eigenvalue weighted by atomic mass is 19.1. The maximum absolute atomic E-state index is 14.2. The summed E-state index contributed by atoms with van der Waals surface area (Å²) in [6, 6.07) is 18.8. The number of ether oxygens (including phenoxy) is 2. The van der Waals surface area contributed by atoms with Crippen molar-refractivity contribution >= 4 is 11.9 Å². The lowest BCUT2D eigenvalue weighted by atomic mass is 9.78. The minimum Gasteiger partial charge on any atom is -0.460 e. The van der Waals surface area contributed by atoms with Crippen molar-refractivity contribution in [3.05, 3.63) is 131 Å². The van der Waals surface area contributed by atoms with Gasteiger partial charge in [0.1, 0.15) is 24.0 Å². The molecular formula is C35H39FO4. The molecule has 0 saturated carbocycles. The second kappa shape index (κ2) is 12.9. The van der Waals surface area contributed by atoms with Crippen LogP contribution < -0.4 is 0 Å². The van der Waals surface area contributed by atoms with E-state index in [9.17, 15) is 14.0 Å². The third-order valence-electron chi connectivity index (χ3n) is 6.78. The largest absolute Gasteiger partial charge is 0.460 e. The Bertz CT molecular complexity index is 1340. The van der Waals surface area contributed by atoms with Crippen molar-refractivity contribution in [1.82, 2.24) is 0 Å². The maximum Gasteiger partial charge on any atom is 0.320 e. The van der Waals surface area contributed by atoms with Crippen molar-refractivity contribution in [2.24, 2.45) is 16.2 Å². The Kier molecular flexibility index (Phi) is 9.86. The fourth-order valence-electron chi connectivity index (χ4n) is 4.40. The Morgan fingerprint density at radius 1 is 0.825 bits per heavy atom. The predicted molar refractivity (Wildman–Crippen MR) is 157 cm³/mol. The molecule has 0 aliphatic heterocycles. The van der Waals surface area contributed by atoms with Gasteiger partial charge in [0.05, 0.1) is 5.83 Å². The molecule has 2 unspecified atom stereocenters. The molecule has 0 aromatic heterocycles. The number of rotatable bonds is 9. The molecule has 0 fully saturated rings. The number of carbonyl (C=O) groups excluding carboxylic acids is 2. The third-order valence-corrected chi connectivity index (χ3v) is 6.78. The molecule has 0 bridgehead atoms. The van der Waals surface area contributed by atoms with Crippen molar-refractivity contribution in [3.8, 4) is 0 Å². The summed E-state index contributed by atoms with van der Waals surface area (Å²) < 4.78 is 25.5. The van der Waals surface area contributed by atoms with Crippen LogP contribution in [0.1, 0.15) is 52.7 Å². The zero-order valence-corrected chi connectivity index (χ0v) is 24.2. The van der Waals surface area contributed by atoms with Crippen LogP contribution >= 0.6 is 0 Å². The van der Waals surface area contributed by atoms with Crippen LogP contribution in [0.5, 0.6) is 0 Å². The van der Waals surface area contributed by atoms with Crippen LogP contribution in [0.15, 0.2) is 120 Å². The van der Waals surface area contributed by atoms with E-state index in [4.69, 9.17) is 9.47 Å². The summed E-state index contributed by atoms with van der Waals surface area (Å²) in [5, 5.41) is 0. The topological polar surface area (TPSA) is 52.6 Å². The van der Waals surface area contributed by atoms with Gasteiger partial charge in [-0.25, -0.2) is 4.39 Å². The van der Waals surface area contributed by atoms with Gasteiger partial charge in [-0.3, -0.25) is 9.59 Å². The summed E-state index contributed by atoms with van der Waals surface area (Å²) >= 11 is 0. The van der Waals surface area contributed by atoms with Gasteiger partial charge in [-0.05, 0) is 56.0 Å². The first kappa shape index (κ1) is 30.6. The molecule has 210 valence electrons. The van der Waals surface area contributed by atoms with E-state index in [0.717, 1.165) is 16.7 Å². The van der Waals surface area contributed by atoms with Gasteiger partial charge in [-0.1, -0.05) is 111 Å². The molecule has 0 spiro atoms. The molecule has 2 aromatic rings. The second-order valence-electron chi connectivity index (χ2n) is 11.3. The Morgan fingerprint density at radius 2 is 1.38 bits per heavy atom. The van der Waals surface area contributed by atoms with Crippen LogP contribution in [0.25, 0.3) is 0 Å². The summed E-state index contributed by atoms with van der Waals surface area (Å²) in [5.41, 5.74) is 0.373. The fourth-order valence-corrected chi connectivity index (χ4v) is 4.40. The molecule has 3 rings (SSSR count). The van der Waals surface area contributed by atoms with Crippen LogP contribution in [-0.4, -0.2) is 11.9 Å². The summed E-state index contributed by atoms with van der Waals surface area (Å²) in [6.45, 7) is 10.9. The van der Waals surface area contributed by atoms with E-state index >= 15 is 0 Å². The third kappa shape index (κ3) is 8.51. The fraction of sp³-hybridized carbons (Fsp3) is 0.314. The van der Waals surface area contributed by atoms with Crippen molar-refractivity contribution in [2.75, 3.05) is 0 Å². The molecule has 0 N–H and O–H groups in total. The lowest BCUT2D eigenvalue weighted by Gasteiger charge is -2.27. The van der Waals surface area contributed by atoms with Gasteiger partial charge in [-0.2, -0.15) is 0 Å². The molecule has 5 heteroatoms. The first-order chi connectivity index (χ1) is 18.8. The number of allylic oxidation sites excluding steroid dienone is 6. The van der Waals surface area contributed by atoms with Crippen molar-refractivity contribution < 1.29 is 23.5 Å². The van der Waals surface area contributed by atoms with Crippen LogP contribution in [0.4, 0.5) is 4.39 Å². The van der Waals surface area contributed by atoms with E-state index in [2.05, 4.69) is 0 Å². The summed E-state index contributed by atoms with van der Waals surface area (Å²) in [6.07, 6.45) is 12.6. The molecule has 0 amide bonds. The quantitative estimate of drug-likeness (QED) is 0.236. The molecule has 2 aromatic carbocycles. The average molecular weight is 543 g/mol. The first-order valence-corrected chi connectivity index (χ1v) is 13.4. The zero-order valence-electron chi connectivity index (χ0n) is 24.2. The number of esters is 2. The molecular weight excluding hydrogens is 503 g/mol. The molecule has 1 aliphatic rings. The van der Waals surface area contributed by atoms with E-state index in [1.165, 1.54) is 13.0 Å². The van der Waals surface area contributed by atoms with Crippen molar-refractivity contribution in [2.45, 2.75) is 54.8 Å². The number of hydrogen-bond donors (Lipinski definition) is 0. The highest BCUT2D eigenvalue weighted by Crippen LogP contribution is 2.36. The molecule has 4 nitrogen and oxygen atoms in total. The smallest absolute Gasteiger partial charge is 0.320 e. The average Bonchev–Trinajstić information content (AvgIpc) is 2.91. The van der Waals surface area contributed by atoms with Crippen molar-refractivity contribution in [1.29, 1.82) is 0 Å². The highest BCUT2D eigenvalue weighted by molar-refractivity contribution is 5.83. The molecule has 2 atom stereocenters. The Labute approximate surface area is 237 Å². The van der Waals surface area contributed by atoms with Crippen molar-refractivity contribution in [3.63, 3.8) is 0 Å². The summed E-state index contributed by atoms with van der Waals surface area (Å²) in [4.78, 5) is 26.7. The van der Waals surface area contributed by atoms with Crippen LogP contribution in [0.3, 0.4) is 0 Å². The van der Waals surface area contributed by atoms with Crippen LogP contribution in [0.2, 0.25) is 0 Å². The zero-order chi connectivity index (χ0) is 29.4. The van der Waals surface area contributed by atoms with Gasteiger partial charge in [0.2, 0.25) is 0 Å². The molecule has 0 heterocycles. The van der Waals surface area contributed by atoms with E-state index in [1.807, 2.05) is 112 Å². The Balaban J connectivity index is 1.95. The summed E-state index contributed by atoms with van der Waals surface area (Å²) in [7, 11) is 0. The van der Waals surface area contributed by atoms with Gasteiger partial charge in [-0.15, -0.1) is 0 Å². The SMILES string of the molecule is C/C(F)=C\C(C)(/C=C(C)/C1=C/C(C)(C(=O)OCc2ccccc2)/C=C\C(C)(C)/C=C\1)C(=O)OCc1ccccc1. The van der Waals surface area contributed by atoms with Gasteiger partial charge in [0.25, 0.3) is 0 Å². The van der Waals surface area contributed by atoms with Crippen LogP contribution in [0, 0.1) is 16.2 Å². The minimum atomic E-state index is -1.37. The van der Waals surface area contributed by atoms with Gasteiger partial charge >= 0.3 is 11.9 Å². The van der Waals surface area contributed by atoms with E-state index < -0.39 is 28.6 Å². The number of halogens is 1. The molecule has 0 saturated heterocycles. The molecule has 1 aliphatic carbocycles. The minimum absolute atomic E-state index is 0.0776. The molecule has 40 heavy (non-hydrogen) atoms. The second-order valence-corrected chi connectivity index (χ2v) is 11.3. The standard InChI is InChI=1S/C35H39FO4/c1-26(21-35(6,22-27(2)36)32(38)40-25-29-15-11-8-12-16-29)30-17-18-33(3,4)19-20-34(5,23-30)31(37)39-24-28-13-9-7-10-14-28/h7-23H,24-25H2,1-6H3/b18-17-,20-19-,26-21+,27-22+,30-23+. The molecule has 0 radical (unpaired) electrons. The first-order valence-electron chi connectivity index (χ1n) is 13.4. The Morgan fingerprint density at radius 3 is 1.93 bits per heavy atom. The number of carbonyl (C=O) groups is 2. The predicted octanol–water partition coefficient (Wildman–Crippen LogP) is 8.38. The van der Waals surface area contributed by atoms with E-state index in [1.54, 1.807) is 19.9 Å². The van der Waals surface area contributed by atoms with E-state index in [-0.39, 0.29) is 18.6 Å². The van der Waals surface area contributed by atoms with Gasteiger partial charge in [0, 0.05) is 5.41 Å². The maximum atomic E-state index is 14.2. The normalized spacial score (nSPS) is 23.4. The lowest BCUT2D eigenvalue weighted by Crippen LogP contribution is -2.28. The van der Waals surface area contributed by atoms with Gasteiger partial charge in [0.15, 0.2) is 0 Å². The lowest BCUT2D eigenvalue weighted by molar-refractivity contribution is -0.152. The Hall–Kier alpha value is -3.99. The number of benzene rings is 2. The van der Waals surface area contributed by atoms with E-state index in [0.29, 0.717) is 5.57 Å². The van der Waals surface area contributed by atoms with Crippen LogP contribution in [-0.2, 0) is 32.3 Å². The highest BCUT2D eigenvalue weighted by Gasteiger charge is 2.34. The monoisotopic (exact) mass is 542 g/mol.